The maximum Gasteiger partial charge on any atom is 0.125 e. The fraction of sp³-hybridized carbons (Fsp3) is 0.100. The fourth-order valence-electron chi connectivity index (χ4n) is 1.27. The first-order valence-electron chi connectivity index (χ1n) is 4.13. The van der Waals surface area contributed by atoms with E-state index in [0.29, 0.717) is 16.3 Å². The molecule has 0 amide bonds. The van der Waals surface area contributed by atoms with Crippen LogP contribution in [0.4, 0.5) is 0 Å². The molecule has 4 heteroatoms. The van der Waals surface area contributed by atoms with E-state index in [9.17, 15) is 5.11 Å². The largest absolute Gasteiger partial charge is 0.507 e. The number of rotatable bonds is 1. The van der Waals surface area contributed by atoms with Crippen LogP contribution in [0.2, 0.25) is 5.02 Å². The second-order valence-electron chi connectivity index (χ2n) is 3.09. The van der Waals surface area contributed by atoms with Gasteiger partial charge in [0, 0.05) is 23.8 Å². The smallest absolute Gasteiger partial charge is 0.125 e. The van der Waals surface area contributed by atoms with Crippen LogP contribution in [0.25, 0.3) is 11.3 Å². The molecule has 0 saturated heterocycles. The van der Waals surface area contributed by atoms with Gasteiger partial charge in [0.25, 0.3) is 0 Å². The number of benzene rings is 1. The van der Waals surface area contributed by atoms with E-state index in [1.165, 1.54) is 0 Å². The van der Waals surface area contributed by atoms with Crippen LogP contribution in [0, 0.1) is 0 Å². The number of phenolic OH excluding ortho intramolecular Hbond substituents is 1. The van der Waals surface area contributed by atoms with Crippen molar-refractivity contribution in [1.82, 2.24) is 9.55 Å². The molecule has 0 atom stereocenters. The van der Waals surface area contributed by atoms with E-state index in [1.54, 1.807) is 24.5 Å². The summed E-state index contributed by atoms with van der Waals surface area (Å²) in [6.45, 7) is 0. The van der Waals surface area contributed by atoms with Crippen LogP contribution >= 0.6 is 11.6 Å². The minimum atomic E-state index is 0.188. The van der Waals surface area contributed by atoms with Crippen LogP contribution in [-0.4, -0.2) is 14.7 Å². The van der Waals surface area contributed by atoms with Gasteiger partial charge in [-0.3, -0.25) is 0 Å². The van der Waals surface area contributed by atoms with Gasteiger partial charge in [-0.05, 0) is 18.2 Å². The minimum Gasteiger partial charge on any atom is -0.507 e. The Morgan fingerprint density at radius 1 is 1.43 bits per heavy atom. The Morgan fingerprint density at radius 3 is 2.86 bits per heavy atom. The van der Waals surface area contributed by atoms with Crippen LogP contribution in [0.1, 0.15) is 0 Å². The molecule has 2 aromatic rings. The fourth-order valence-corrected chi connectivity index (χ4v) is 1.44. The molecule has 0 fully saturated rings. The zero-order valence-corrected chi connectivity index (χ0v) is 8.36. The predicted molar refractivity (Wildman–Crippen MR) is 55.3 cm³/mol. The minimum absolute atomic E-state index is 0.188. The van der Waals surface area contributed by atoms with E-state index >= 15 is 0 Å². The third-order valence-corrected chi connectivity index (χ3v) is 2.17. The lowest BCUT2D eigenvalue weighted by Gasteiger charge is -2.00. The molecule has 0 saturated carbocycles. The Bertz CT molecular complexity index is 465. The highest BCUT2D eigenvalue weighted by Gasteiger charge is 2.06. The summed E-state index contributed by atoms with van der Waals surface area (Å²) in [6, 6.07) is 4.90. The molecular weight excluding hydrogens is 200 g/mol. The van der Waals surface area contributed by atoms with E-state index in [1.807, 2.05) is 17.8 Å². The van der Waals surface area contributed by atoms with Crippen molar-refractivity contribution in [2.45, 2.75) is 0 Å². The van der Waals surface area contributed by atoms with Gasteiger partial charge in [0.2, 0.25) is 0 Å². The third-order valence-electron chi connectivity index (χ3n) is 1.94. The third kappa shape index (κ3) is 1.59. The molecule has 0 bridgehead atoms. The zero-order valence-electron chi connectivity index (χ0n) is 7.61. The van der Waals surface area contributed by atoms with Gasteiger partial charge in [-0.25, -0.2) is 4.98 Å². The summed E-state index contributed by atoms with van der Waals surface area (Å²) in [5.74, 6) is 0.188. The van der Waals surface area contributed by atoms with Gasteiger partial charge in [-0.15, -0.1) is 0 Å². The van der Waals surface area contributed by atoms with Gasteiger partial charge in [-0.2, -0.15) is 0 Å². The molecule has 72 valence electrons. The molecule has 0 unspecified atom stereocenters. The summed E-state index contributed by atoms with van der Waals surface area (Å²) in [5, 5.41) is 10.2. The maximum absolute atomic E-state index is 9.59. The number of aryl methyl sites for hydroxylation is 1. The van der Waals surface area contributed by atoms with Crippen molar-refractivity contribution in [3.05, 3.63) is 35.7 Å². The summed E-state index contributed by atoms with van der Waals surface area (Å²) < 4.78 is 1.82. The highest BCUT2D eigenvalue weighted by molar-refractivity contribution is 6.30. The van der Waals surface area contributed by atoms with Crippen molar-refractivity contribution in [3.8, 4) is 17.0 Å². The first-order valence-corrected chi connectivity index (χ1v) is 4.51. The topological polar surface area (TPSA) is 38.0 Å². The Labute approximate surface area is 86.6 Å². The molecule has 0 aliphatic carbocycles. The monoisotopic (exact) mass is 208 g/mol. The quantitative estimate of drug-likeness (QED) is 0.782. The highest BCUT2D eigenvalue weighted by atomic mass is 35.5. The first kappa shape index (κ1) is 9.09. The van der Waals surface area contributed by atoms with Crippen LogP contribution in [0.15, 0.2) is 30.7 Å². The lowest BCUT2D eigenvalue weighted by molar-refractivity contribution is 0.477. The number of nitrogens with zero attached hydrogens (tertiary/aromatic N) is 2. The number of phenols is 1. The van der Waals surface area contributed by atoms with Crippen molar-refractivity contribution in [1.29, 1.82) is 0 Å². The molecular formula is C10H9ClN2O. The van der Waals surface area contributed by atoms with Gasteiger partial charge in [0.15, 0.2) is 0 Å². The molecule has 0 aliphatic rings. The number of aromatic nitrogens is 2. The van der Waals surface area contributed by atoms with Crippen molar-refractivity contribution in [2.24, 2.45) is 7.05 Å². The number of aromatic hydroxyl groups is 1. The van der Waals surface area contributed by atoms with E-state index in [-0.39, 0.29) is 5.75 Å². The molecule has 2 rings (SSSR count). The van der Waals surface area contributed by atoms with E-state index < -0.39 is 0 Å². The maximum atomic E-state index is 9.59. The van der Waals surface area contributed by atoms with Crippen molar-refractivity contribution < 1.29 is 5.11 Å². The van der Waals surface area contributed by atoms with E-state index in [0.717, 1.165) is 0 Å². The number of imidazole rings is 1. The van der Waals surface area contributed by atoms with Crippen molar-refractivity contribution in [3.63, 3.8) is 0 Å². The molecule has 0 aliphatic heterocycles. The summed E-state index contributed by atoms with van der Waals surface area (Å²) in [4.78, 5) is 4.13. The molecule has 1 heterocycles. The van der Waals surface area contributed by atoms with Crippen LogP contribution < -0.4 is 0 Å². The summed E-state index contributed by atoms with van der Waals surface area (Å²) >= 11 is 5.83. The Kier molecular flexibility index (Phi) is 2.17. The lowest BCUT2D eigenvalue weighted by atomic mass is 10.1. The average molecular weight is 209 g/mol. The summed E-state index contributed by atoms with van der Waals surface area (Å²) in [6.07, 6.45) is 3.50. The van der Waals surface area contributed by atoms with Gasteiger partial charge in [0.05, 0.1) is 12.0 Å². The molecule has 0 spiro atoms. The standard InChI is InChI=1S/C10H9ClN2O/c1-13-5-9(12-6-13)8-4-7(11)2-3-10(8)14/h2-6,14H,1H3. The molecule has 1 aromatic carbocycles. The average Bonchev–Trinajstić information content (AvgIpc) is 2.56. The van der Waals surface area contributed by atoms with Crippen LogP contribution in [0.3, 0.4) is 0 Å². The van der Waals surface area contributed by atoms with Gasteiger partial charge >= 0.3 is 0 Å². The Morgan fingerprint density at radius 2 is 2.21 bits per heavy atom. The summed E-state index contributed by atoms with van der Waals surface area (Å²) in [5.41, 5.74) is 1.37. The number of halogens is 1. The molecule has 14 heavy (non-hydrogen) atoms. The molecule has 0 radical (unpaired) electrons. The molecule has 3 nitrogen and oxygen atoms in total. The SMILES string of the molecule is Cn1cnc(-c2cc(Cl)ccc2O)c1. The van der Waals surface area contributed by atoms with Crippen LogP contribution in [0.5, 0.6) is 5.75 Å². The Hall–Kier alpha value is -1.48. The van der Waals surface area contributed by atoms with Crippen molar-refractivity contribution >= 4 is 11.6 Å². The second kappa shape index (κ2) is 3.35. The van der Waals surface area contributed by atoms with Crippen LogP contribution in [-0.2, 0) is 7.05 Å². The molecule has 1 aromatic heterocycles. The predicted octanol–water partition coefficient (Wildman–Crippen LogP) is 2.45. The normalized spacial score (nSPS) is 10.4. The second-order valence-corrected chi connectivity index (χ2v) is 3.52. The molecule has 1 N–H and O–H groups in total. The lowest BCUT2D eigenvalue weighted by Crippen LogP contribution is -1.80. The first-order chi connectivity index (χ1) is 6.66. The van der Waals surface area contributed by atoms with Crippen molar-refractivity contribution in [2.75, 3.05) is 0 Å². The van der Waals surface area contributed by atoms with Gasteiger partial charge in [0.1, 0.15) is 5.75 Å². The summed E-state index contributed by atoms with van der Waals surface area (Å²) in [7, 11) is 1.87. The number of hydrogen-bond donors (Lipinski definition) is 1. The van der Waals surface area contributed by atoms with Gasteiger partial charge < -0.3 is 9.67 Å². The van der Waals surface area contributed by atoms with E-state index in [4.69, 9.17) is 11.6 Å². The number of hydrogen-bond acceptors (Lipinski definition) is 2. The van der Waals surface area contributed by atoms with E-state index in [2.05, 4.69) is 4.98 Å². The van der Waals surface area contributed by atoms with Gasteiger partial charge in [-0.1, -0.05) is 11.6 Å². The highest BCUT2D eigenvalue weighted by Crippen LogP contribution is 2.30. The Balaban J connectivity index is 2.55. The zero-order chi connectivity index (χ0) is 10.1.